The Morgan fingerprint density at radius 1 is 1.19 bits per heavy atom. The standard InChI is InChI=1S/C16H16N2O3/c1-10-3-5-13(11(2)7-10)15(19)18-9-12-4-6-14(16(20)21)17-8-12/h3-8H,9H2,1-2H3,(H,18,19)(H,20,21). The normalized spacial score (nSPS) is 10.2. The van der Waals surface area contributed by atoms with Gasteiger partial charge in [0.25, 0.3) is 5.91 Å². The Bertz CT molecular complexity index is 678. The molecule has 2 aromatic rings. The maximum Gasteiger partial charge on any atom is 0.354 e. The van der Waals surface area contributed by atoms with E-state index in [1.54, 1.807) is 12.1 Å². The summed E-state index contributed by atoms with van der Waals surface area (Å²) >= 11 is 0. The minimum Gasteiger partial charge on any atom is -0.477 e. The van der Waals surface area contributed by atoms with Gasteiger partial charge in [0.1, 0.15) is 5.69 Å². The van der Waals surface area contributed by atoms with Crippen molar-refractivity contribution in [3.8, 4) is 0 Å². The summed E-state index contributed by atoms with van der Waals surface area (Å²) in [5.74, 6) is -1.23. The molecule has 1 amide bonds. The molecule has 0 aliphatic rings. The molecule has 0 unspecified atom stereocenters. The van der Waals surface area contributed by atoms with Crippen molar-refractivity contribution in [2.24, 2.45) is 0 Å². The van der Waals surface area contributed by atoms with Crippen LogP contribution in [0.15, 0.2) is 36.5 Å². The van der Waals surface area contributed by atoms with Crippen LogP contribution >= 0.6 is 0 Å². The van der Waals surface area contributed by atoms with Crippen molar-refractivity contribution in [3.05, 3.63) is 64.5 Å². The van der Waals surface area contributed by atoms with E-state index in [2.05, 4.69) is 10.3 Å². The lowest BCUT2D eigenvalue weighted by Gasteiger charge is -2.08. The number of hydrogen-bond acceptors (Lipinski definition) is 3. The molecule has 1 aromatic heterocycles. The van der Waals surface area contributed by atoms with Crippen molar-refractivity contribution in [3.63, 3.8) is 0 Å². The molecular formula is C16H16N2O3. The van der Waals surface area contributed by atoms with E-state index in [1.165, 1.54) is 12.3 Å². The summed E-state index contributed by atoms with van der Waals surface area (Å²) in [6, 6.07) is 8.70. The van der Waals surface area contributed by atoms with Gasteiger partial charge >= 0.3 is 5.97 Å². The number of amides is 1. The number of carboxylic acids is 1. The van der Waals surface area contributed by atoms with Crippen LogP contribution in [0.5, 0.6) is 0 Å². The maximum absolute atomic E-state index is 12.1. The van der Waals surface area contributed by atoms with Crippen LogP contribution in [0.3, 0.4) is 0 Å². The molecule has 0 fully saturated rings. The van der Waals surface area contributed by atoms with Crippen LogP contribution in [0.4, 0.5) is 0 Å². The molecule has 0 atom stereocenters. The maximum atomic E-state index is 12.1. The van der Waals surface area contributed by atoms with E-state index in [0.29, 0.717) is 12.1 Å². The van der Waals surface area contributed by atoms with Crippen LogP contribution in [-0.2, 0) is 6.54 Å². The summed E-state index contributed by atoms with van der Waals surface area (Å²) in [7, 11) is 0. The van der Waals surface area contributed by atoms with Gasteiger partial charge < -0.3 is 10.4 Å². The van der Waals surface area contributed by atoms with Gasteiger partial charge in [-0.15, -0.1) is 0 Å². The fourth-order valence-corrected chi connectivity index (χ4v) is 2.00. The number of carbonyl (C=O) groups is 2. The predicted molar refractivity (Wildman–Crippen MR) is 78.3 cm³/mol. The third kappa shape index (κ3) is 3.66. The van der Waals surface area contributed by atoms with Crippen molar-refractivity contribution in [2.75, 3.05) is 0 Å². The lowest BCUT2D eigenvalue weighted by atomic mass is 10.1. The molecule has 2 N–H and O–H groups in total. The van der Waals surface area contributed by atoms with Crippen LogP contribution in [0.1, 0.15) is 37.5 Å². The average Bonchev–Trinajstić information content (AvgIpc) is 2.45. The van der Waals surface area contributed by atoms with E-state index in [4.69, 9.17) is 5.11 Å². The molecule has 1 heterocycles. The minimum atomic E-state index is -1.07. The number of nitrogens with one attached hydrogen (secondary N) is 1. The number of carbonyl (C=O) groups excluding carboxylic acids is 1. The number of nitrogens with zero attached hydrogens (tertiary/aromatic N) is 1. The predicted octanol–water partition coefficient (Wildman–Crippen LogP) is 2.33. The summed E-state index contributed by atoms with van der Waals surface area (Å²) in [6.45, 7) is 4.18. The lowest BCUT2D eigenvalue weighted by Crippen LogP contribution is -2.23. The van der Waals surface area contributed by atoms with E-state index in [9.17, 15) is 9.59 Å². The topological polar surface area (TPSA) is 79.3 Å². The first kappa shape index (κ1) is 14.7. The lowest BCUT2D eigenvalue weighted by molar-refractivity contribution is 0.0690. The van der Waals surface area contributed by atoms with Gasteiger partial charge in [-0.2, -0.15) is 0 Å². The van der Waals surface area contributed by atoms with Crippen LogP contribution in [0, 0.1) is 13.8 Å². The molecule has 2 rings (SSSR count). The molecule has 108 valence electrons. The molecule has 5 heteroatoms. The van der Waals surface area contributed by atoms with Crippen LogP contribution in [0.25, 0.3) is 0 Å². The minimum absolute atomic E-state index is 0.0144. The number of carboxylic acid groups (broad SMARTS) is 1. The Kier molecular flexibility index (Phi) is 4.33. The summed E-state index contributed by atoms with van der Waals surface area (Å²) < 4.78 is 0. The first-order chi connectivity index (χ1) is 9.97. The zero-order chi connectivity index (χ0) is 15.4. The zero-order valence-electron chi connectivity index (χ0n) is 11.9. The monoisotopic (exact) mass is 284 g/mol. The quantitative estimate of drug-likeness (QED) is 0.903. The second kappa shape index (κ2) is 6.17. The number of benzene rings is 1. The number of pyridine rings is 1. The Labute approximate surface area is 122 Å². The third-order valence-electron chi connectivity index (χ3n) is 3.12. The molecular weight excluding hydrogens is 268 g/mol. The van der Waals surface area contributed by atoms with Gasteiger partial charge in [0, 0.05) is 18.3 Å². The number of rotatable bonds is 4. The largest absolute Gasteiger partial charge is 0.477 e. The van der Waals surface area contributed by atoms with Crippen molar-refractivity contribution in [1.29, 1.82) is 0 Å². The molecule has 0 radical (unpaired) electrons. The number of aromatic nitrogens is 1. The highest BCUT2D eigenvalue weighted by atomic mass is 16.4. The van der Waals surface area contributed by atoms with Gasteiger partial charge in [0.05, 0.1) is 0 Å². The molecule has 0 aliphatic carbocycles. The van der Waals surface area contributed by atoms with Gasteiger partial charge in [-0.1, -0.05) is 23.8 Å². The number of hydrogen-bond donors (Lipinski definition) is 2. The van der Waals surface area contributed by atoms with E-state index in [-0.39, 0.29) is 11.6 Å². The molecule has 21 heavy (non-hydrogen) atoms. The van der Waals surface area contributed by atoms with Gasteiger partial charge in [0.2, 0.25) is 0 Å². The van der Waals surface area contributed by atoms with E-state index >= 15 is 0 Å². The molecule has 0 saturated heterocycles. The highest BCUT2D eigenvalue weighted by Gasteiger charge is 2.09. The second-order valence-electron chi connectivity index (χ2n) is 4.86. The Morgan fingerprint density at radius 2 is 1.95 bits per heavy atom. The van der Waals surface area contributed by atoms with E-state index < -0.39 is 5.97 Å². The van der Waals surface area contributed by atoms with Gasteiger partial charge in [-0.25, -0.2) is 9.78 Å². The van der Waals surface area contributed by atoms with Gasteiger partial charge in [-0.3, -0.25) is 4.79 Å². The molecule has 0 saturated carbocycles. The van der Waals surface area contributed by atoms with Crippen molar-refractivity contribution >= 4 is 11.9 Å². The fraction of sp³-hybridized carbons (Fsp3) is 0.188. The molecule has 0 bridgehead atoms. The second-order valence-corrected chi connectivity index (χ2v) is 4.86. The Morgan fingerprint density at radius 3 is 2.52 bits per heavy atom. The zero-order valence-corrected chi connectivity index (χ0v) is 11.9. The van der Waals surface area contributed by atoms with Crippen molar-refractivity contribution < 1.29 is 14.7 Å². The molecule has 0 spiro atoms. The number of aromatic carboxylic acids is 1. The highest BCUT2D eigenvalue weighted by molar-refractivity contribution is 5.95. The van der Waals surface area contributed by atoms with Crippen LogP contribution in [-0.4, -0.2) is 22.0 Å². The third-order valence-corrected chi connectivity index (χ3v) is 3.12. The van der Waals surface area contributed by atoms with Crippen molar-refractivity contribution in [2.45, 2.75) is 20.4 Å². The molecule has 0 aliphatic heterocycles. The average molecular weight is 284 g/mol. The summed E-state index contributed by atoms with van der Waals surface area (Å²) in [6.07, 6.45) is 1.45. The number of aryl methyl sites for hydroxylation is 2. The summed E-state index contributed by atoms with van der Waals surface area (Å²) in [4.78, 5) is 26.6. The first-order valence-corrected chi connectivity index (χ1v) is 6.51. The van der Waals surface area contributed by atoms with Crippen LogP contribution < -0.4 is 5.32 Å². The van der Waals surface area contributed by atoms with Gasteiger partial charge in [-0.05, 0) is 37.1 Å². The highest BCUT2D eigenvalue weighted by Crippen LogP contribution is 2.10. The fourth-order valence-electron chi connectivity index (χ4n) is 2.00. The molecule has 1 aromatic carbocycles. The van der Waals surface area contributed by atoms with E-state index in [0.717, 1.165) is 16.7 Å². The van der Waals surface area contributed by atoms with Crippen molar-refractivity contribution in [1.82, 2.24) is 10.3 Å². The van der Waals surface area contributed by atoms with Gasteiger partial charge in [0.15, 0.2) is 0 Å². The smallest absolute Gasteiger partial charge is 0.354 e. The molecule has 5 nitrogen and oxygen atoms in total. The Balaban J connectivity index is 2.02. The first-order valence-electron chi connectivity index (χ1n) is 6.51. The summed E-state index contributed by atoms with van der Waals surface area (Å²) in [5, 5.41) is 11.6. The van der Waals surface area contributed by atoms with Crippen LogP contribution in [0.2, 0.25) is 0 Å². The van der Waals surface area contributed by atoms with E-state index in [1.807, 2.05) is 26.0 Å². The Hall–Kier alpha value is -2.69. The SMILES string of the molecule is Cc1ccc(C(=O)NCc2ccc(C(=O)O)nc2)c(C)c1. The summed E-state index contributed by atoms with van der Waals surface area (Å²) in [5.41, 5.74) is 3.40.